The summed E-state index contributed by atoms with van der Waals surface area (Å²) in [4.78, 5) is 15.7. The predicted molar refractivity (Wildman–Crippen MR) is 117 cm³/mol. The van der Waals surface area contributed by atoms with Crippen LogP contribution in [0.2, 0.25) is 0 Å². The Balaban J connectivity index is 1.88. The van der Waals surface area contributed by atoms with Crippen LogP contribution >= 0.6 is 0 Å². The number of carbonyl (C=O) groups excluding carboxylic acids is 1. The smallest absolute Gasteiger partial charge is 0.275 e. The van der Waals surface area contributed by atoms with Crippen molar-refractivity contribution in [2.75, 3.05) is 11.4 Å². The minimum atomic E-state index is 0.0915. The maximum absolute atomic E-state index is 13.7. The molecule has 2 aromatic carbocycles. The molecule has 0 fully saturated rings. The number of carbonyl (C=O) groups is 1. The van der Waals surface area contributed by atoms with Crippen molar-refractivity contribution in [3.8, 4) is 0 Å². The average molecular weight is 373 g/mol. The maximum Gasteiger partial charge on any atom is 0.275 e. The molecule has 1 aliphatic heterocycles. The Morgan fingerprint density at radius 2 is 2.00 bits per heavy atom. The van der Waals surface area contributed by atoms with E-state index in [2.05, 4.69) is 68.3 Å². The fourth-order valence-electron chi connectivity index (χ4n) is 4.37. The van der Waals surface area contributed by atoms with Gasteiger partial charge in [-0.1, -0.05) is 44.2 Å². The minimum Gasteiger partial charge on any atom is -0.332 e. The number of aryl methyl sites for hydroxylation is 2. The van der Waals surface area contributed by atoms with E-state index >= 15 is 0 Å². The van der Waals surface area contributed by atoms with E-state index in [4.69, 9.17) is 0 Å². The standard InChI is InChI=1S/C25H28N2O/c1-5-14-26-23-13-12-20(17(2)3)16-21(23)18(4)24(26)25(28)27-15-8-10-19-9-6-7-11-22(19)27/h5-7,9,11-13,16-17H,1,8,10,14-15H2,2-4H3. The summed E-state index contributed by atoms with van der Waals surface area (Å²) < 4.78 is 2.13. The molecule has 1 aliphatic rings. The molecule has 1 aromatic heterocycles. The predicted octanol–water partition coefficient (Wildman–Crippen LogP) is 5.85. The number of allylic oxidation sites excluding steroid dienone is 1. The van der Waals surface area contributed by atoms with Crippen molar-refractivity contribution in [3.63, 3.8) is 0 Å². The first kappa shape index (κ1) is 18.5. The maximum atomic E-state index is 13.7. The highest BCUT2D eigenvalue weighted by Crippen LogP contribution is 2.33. The zero-order chi connectivity index (χ0) is 19.8. The first-order valence-electron chi connectivity index (χ1n) is 10.2. The zero-order valence-electron chi connectivity index (χ0n) is 17.0. The van der Waals surface area contributed by atoms with Crippen LogP contribution < -0.4 is 4.90 Å². The van der Waals surface area contributed by atoms with E-state index in [1.807, 2.05) is 17.0 Å². The lowest BCUT2D eigenvalue weighted by molar-refractivity contribution is 0.0976. The van der Waals surface area contributed by atoms with Crippen LogP contribution in [-0.4, -0.2) is 17.0 Å². The Hall–Kier alpha value is -2.81. The number of benzene rings is 2. The van der Waals surface area contributed by atoms with E-state index < -0.39 is 0 Å². The first-order chi connectivity index (χ1) is 13.5. The zero-order valence-corrected chi connectivity index (χ0v) is 17.0. The van der Waals surface area contributed by atoms with Crippen LogP contribution in [0.3, 0.4) is 0 Å². The van der Waals surface area contributed by atoms with Crippen molar-refractivity contribution in [1.29, 1.82) is 0 Å². The van der Waals surface area contributed by atoms with Gasteiger partial charge in [0.05, 0.1) is 0 Å². The van der Waals surface area contributed by atoms with Crippen molar-refractivity contribution in [2.24, 2.45) is 0 Å². The molecule has 4 rings (SSSR count). The molecule has 0 saturated heterocycles. The quantitative estimate of drug-likeness (QED) is 0.527. The minimum absolute atomic E-state index is 0.0915. The van der Waals surface area contributed by atoms with Crippen LogP contribution in [0.1, 0.15) is 53.4 Å². The molecule has 0 atom stereocenters. The Bertz CT molecular complexity index is 1060. The van der Waals surface area contributed by atoms with Gasteiger partial charge in [-0.15, -0.1) is 6.58 Å². The van der Waals surface area contributed by atoms with E-state index in [-0.39, 0.29) is 5.91 Å². The highest BCUT2D eigenvalue weighted by Gasteiger charge is 2.28. The first-order valence-corrected chi connectivity index (χ1v) is 10.2. The lowest BCUT2D eigenvalue weighted by atomic mass is 9.99. The molecule has 2 heterocycles. The van der Waals surface area contributed by atoms with Gasteiger partial charge >= 0.3 is 0 Å². The van der Waals surface area contributed by atoms with Gasteiger partial charge in [-0.3, -0.25) is 4.79 Å². The molecule has 144 valence electrons. The van der Waals surface area contributed by atoms with E-state index in [0.717, 1.165) is 41.8 Å². The van der Waals surface area contributed by atoms with Gasteiger partial charge in [-0.25, -0.2) is 0 Å². The number of aromatic nitrogens is 1. The fourth-order valence-corrected chi connectivity index (χ4v) is 4.37. The van der Waals surface area contributed by atoms with E-state index in [0.29, 0.717) is 12.5 Å². The normalized spacial score (nSPS) is 13.8. The van der Waals surface area contributed by atoms with Crippen LogP contribution in [0.5, 0.6) is 0 Å². The van der Waals surface area contributed by atoms with Gasteiger partial charge in [0.1, 0.15) is 5.69 Å². The number of anilines is 1. The molecule has 0 spiro atoms. The molecular weight excluding hydrogens is 344 g/mol. The third-order valence-corrected chi connectivity index (χ3v) is 5.88. The summed E-state index contributed by atoms with van der Waals surface area (Å²) in [6.07, 6.45) is 3.91. The van der Waals surface area contributed by atoms with Gasteiger partial charge < -0.3 is 9.47 Å². The van der Waals surface area contributed by atoms with Crippen molar-refractivity contribution in [2.45, 2.75) is 46.1 Å². The molecule has 28 heavy (non-hydrogen) atoms. The number of nitrogens with zero attached hydrogens (tertiary/aromatic N) is 2. The summed E-state index contributed by atoms with van der Waals surface area (Å²) in [6, 6.07) is 14.9. The van der Waals surface area contributed by atoms with Crippen LogP contribution in [0.4, 0.5) is 5.69 Å². The number of rotatable bonds is 4. The third kappa shape index (κ3) is 2.95. The summed E-state index contributed by atoms with van der Waals surface area (Å²) in [7, 11) is 0. The molecule has 3 heteroatoms. The topological polar surface area (TPSA) is 25.2 Å². The van der Waals surface area contributed by atoms with Gasteiger partial charge in [0.25, 0.3) is 5.91 Å². The molecule has 0 unspecified atom stereocenters. The van der Waals surface area contributed by atoms with Gasteiger partial charge in [-0.05, 0) is 60.6 Å². The summed E-state index contributed by atoms with van der Waals surface area (Å²) in [5.74, 6) is 0.550. The molecule has 3 aromatic rings. The average Bonchev–Trinajstić information content (AvgIpc) is 2.98. The third-order valence-electron chi connectivity index (χ3n) is 5.88. The van der Waals surface area contributed by atoms with Crippen molar-refractivity contribution in [1.82, 2.24) is 4.57 Å². The number of para-hydroxylation sites is 1. The Morgan fingerprint density at radius 1 is 1.21 bits per heavy atom. The number of hydrogen-bond donors (Lipinski definition) is 0. The number of fused-ring (bicyclic) bond motifs is 2. The summed E-state index contributed by atoms with van der Waals surface area (Å²) >= 11 is 0. The monoisotopic (exact) mass is 372 g/mol. The summed E-state index contributed by atoms with van der Waals surface area (Å²) in [5.41, 5.74) is 6.56. The highest BCUT2D eigenvalue weighted by atomic mass is 16.2. The Labute approximate surface area is 167 Å². The fraction of sp³-hybridized carbons (Fsp3) is 0.320. The molecule has 0 bridgehead atoms. The highest BCUT2D eigenvalue weighted by molar-refractivity contribution is 6.10. The second-order valence-corrected chi connectivity index (χ2v) is 7.99. The lowest BCUT2D eigenvalue weighted by Gasteiger charge is -2.30. The molecule has 0 saturated carbocycles. The molecular formula is C25H28N2O. The lowest BCUT2D eigenvalue weighted by Crippen LogP contribution is -2.37. The van der Waals surface area contributed by atoms with Crippen LogP contribution in [-0.2, 0) is 13.0 Å². The number of hydrogen-bond acceptors (Lipinski definition) is 1. The SMILES string of the molecule is C=CCn1c(C(=O)N2CCCc3ccccc32)c(C)c2cc(C(C)C)ccc21. The van der Waals surface area contributed by atoms with Gasteiger partial charge in [-0.2, -0.15) is 0 Å². The van der Waals surface area contributed by atoms with E-state index in [1.165, 1.54) is 16.5 Å². The van der Waals surface area contributed by atoms with Crippen molar-refractivity contribution >= 4 is 22.5 Å². The summed E-state index contributed by atoms with van der Waals surface area (Å²) in [5, 5.41) is 1.17. The Kier molecular flexibility index (Phi) is 4.84. The van der Waals surface area contributed by atoms with Crippen molar-refractivity contribution in [3.05, 3.63) is 77.5 Å². The molecule has 0 radical (unpaired) electrons. The number of amides is 1. The van der Waals surface area contributed by atoms with E-state index in [1.54, 1.807) is 0 Å². The molecule has 3 nitrogen and oxygen atoms in total. The van der Waals surface area contributed by atoms with Gasteiger partial charge in [0.2, 0.25) is 0 Å². The molecule has 1 amide bonds. The molecule has 0 N–H and O–H groups in total. The Morgan fingerprint density at radius 3 is 2.75 bits per heavy atom. The van der Waals surface area contributed by atoms with Crippen LogP contribution in [0.25, 0.3) is 10.9 Å². The van der Waals surface area contributed by atoms with E-state index in [9.17, 15) is 4.79 Å². The van der Waals surface area contributed by atoms with Gasteiger partial charge in [0, 0.05) is 29.7 Å². The second kappa shape index (κ2) is 7.31. The van der Waals surface area contributed by atoms with Crippen LogP contribution in [0, 0.1) is 6.92 Å². The summed E-state index contributed by atoms with van der Waals surface area (Å²) in [6.45, 7) is 11.8. The molecule has 0 aliphatic carbocycles. The van der Waals surface area contributed by atoms with Crippen LogP contribution in [0.15, 0.2) is 55.1 Å². The second-order valence-electron chi connectivity index (χ2n) is 7.99. The van der Waals surface area contributed by atoms with Gasteiger partial charge in [0.15, 0.2) is 0 Å². The van der Waals surface area contributed by atoms with Crippen molar-refractivity contribution < 1.29 is 4.79 Å². The largest absolute Gasteiger partial charge is 0.332 e.